The molecule has 6 N–H and O–H groups in total. The normalized spacial score (nSPS) is 21.0. The van der Waals surface area contributed by atoms with Gasteiger partial charge in [-0.3, -0.25) is 19.2 Å². The van der Waals surface area contributed by atoms with Crippen molar-refractivity contribution in [3.63, 3.8) is 0 Å². The summed E-state index contributed by atoms with van der Waals surface area (Å²) in [7, 11) is 0. The Morgan fingerprint density at radius 3 is 1.61 bits per heavy atom. The van der Waals surface area contributed by atoms with Crippen molar-refractivity contribution in [2.75, 3.05) is 52.4 Å². The van der Waals surface area contributed by atoms with Crippen LogP contribution in [0.25, 0.3) is 0 Å². The van der Waals surface area contributed by atoms with Gasteiger partial charge in [0, 0.05) is 11.4 Å². The third-order valence-corrected chi connectivity index (χ3v) is 12.5. The summed E-state index contributed by atoms with van der Waals surface area (Å²) < 4.78 is 6.18. The SMILES string of the molecule is O=C(O)C(Cc1cccc(CN(CCOc2cccc(CC(C(=O)O)C3CCNC3)c2)C(=O)Sc2cccc(CC(C(=O)O)C3CCNC3)c2)c1)C1CCNC1. The Bertz CT molecular complexity index is 1810. The Labute approximate surface area is 332 Å². The van der Waals surface area contributed by atoms with Crippen LogP contribution in [0.3, 0.4) is 0 Å². The molecule has 300 valence electrons. The Morgan fingerprint density at radius 1 is 0.643 bits per heavy atom. The number of carboxylic acid groups (broad SMARTS) is 3. The van der Waals surface area contributed by atoms with Crippen LogP contribution >= 0.6 is 11.8 Å². The lowest BCUT2D eigenvalue weighted by atomic mass is 9.86. The number of thioether (sulfide) groups is 1. The monoisotopic (exact) mass is 786 g/mol. The molecule has 6 unspecified atom stereocenters. The maximum Gasteiger partial charge on any atom is 0.307 e. The van der Waals surface area contributed by atoms with Crippen molar-refractivity contribution < 1.29 is 39.2 Å². The molecule has 3 fully saturated rings. The van der Waals surface area contributed by atoms with E-state index in [1.54, 1.807) is 4.90 Å². The molecule has 3 aliphatic heterocycles. The lowest BCUT2D eigenvalue weighted by molar-refractivity contribution is -0.144. The number of hydrogen-bond acceptors (Lipinski definition) is 9. The molecule has 3 heterocycles. The van der Waals surface area contributed by atoms with Gasteiger partial charge in [-0.25, -0.2) is 0 Å². The summed E-state index contributed by atoms with van der Waals surface area (Å²) in [6, 6.07) is 22.8. The highest BCUT2D eigenvalue weighted by Gasteiger charge is 2.33. The van der Waals surface area contributed by atoms with Crippen molar-refractivity contribution >= 4 is 34.9 Å². The molecule has 13 heteroatoms. The molecule has 3 aromatic rings. The second kappa shape index (κ2) is 20.1. The first kappa shape index (κ1) is 41.2. The van der Waals surface area contributed by atoms with Crippen LogP contribution in [0.1, 0.15) is 41.5 Å². The van der Waals surface area contributed by atoms with Gasteiger partial charge in [0.25, 0.3) is 5.24 Å². The standard InChI is InChI=1S/C43H54N4O8S/c48-40(49)37(32-10-13-44-24-32)21-28-4-1-7-31(18-28)27-47(16-17-55-35-8-2-5-29(19-35)22-38(41(50)51)33-11-14-45-25-33)43(54)56-36-9-3-6-30(20-36)23-39(42(52)53)34-12-15-46-26-34/h1-9,18-20,32-34,37-39,44-46H,10-17,21-27H2,(H,48,49)(H,50,51)(H,52,53). The van der Waals surface area contributed by atoms with E-state index in [-0.39, 0.29) is 42.7 Å². The molecule has 0 spiro atoms. The molecule has 12 nitrogen and oxygen atoms in total. The van der Waals surface area contributed by atoms with E-state index in [0.717, 1.165) is 72.9 Å². The first-order chi connectivity index (χ1) is 27.1. The van der Waals surface area contributed by atoms with E-state index in [9.17, 15) is 34.5 Å². The predicted octanol–water partition coefficient (Wildman–Crippen LogP) is 5.04. The smallest absolute Gasteiger partial charge is 0.307 e. The summed E-state index contributed by atoms with van der Waals surface area (Å²) in [6.07, 6.45) is 3.67. The number of nitrogens with one attached hydrogen (secondary N) is 3. The summed E-state index contributed by atoms with van der Waals surface area (Å²) in [4.78, 5) is 53.1. The average Bonchev–Trinajstić information content (AvgIpc) is 4.00. The Balaban J connectivity index is 1.15. The van der Waals surface area contributed by atoms with E-state index in [4.69, 9.17) is 4.74 Å². The maximum absolute atomic E-state index is 14.1. The van der Waals surface area contributed by atoms with Gasteiger partial charge >= 0.3 is 17.9 Å². The minimum atomic E-state index is -0.811. The number of ether oxygens (including phenoxy) is 1. The fraction of sp³-hybridized carbons (Fsp3) is 0.488. The molecular formula is C43H54N4O8S. The van der Waals surface area contributed by atoms with Crippen LogP contribution in [0, 0.1) is 35.5 Å². The van der Waals surface area contributed by atoms with E-state index >= 15 is 0 Å². The minimum Gasteiger partial charge on any atom is -0.492 e. The maximum atomic E-state index is 14.1. The molecule has 0 aliphatic carbocycles. The van der Waals surface area contributed by atoms with E-state index in [2.05, 4.69) is 16.0 Å². The number of nitrogens with zero attached hydrogens (tertiary/aromatic N) is 1. The van der Waals surface area contributed by atoms with Gasteiger partial charge in [0.2, 0.25) is 0 Å². The molecule has 3 aliphatic rings. The molecule has 0 aromatic heterocycles. The molecule has 3 saturated heterocycles. The zero-order valence-corrected chi connectivity index (χ0v) is 32.6. The van der Waals surface area contributed by atoms with Gasteiger partial charge < -0.3 is 40.9 Å². The number of rotatable bonds is 19. The van der Waals surface area contributed by atoms with Gasteiger partial charge in [-0.05, 0) is 154 Å². The molecule has 0 saturated carbocycles. The van der Waals surface area contributed by atoms with Crippen molar-refractivity contribution in [2.24, 2.45) is 35.5 Å². The van der Waals surface area contributed by atoms with Crippen LogP contribution in [0.4, 0.5) is 4.79 Å². The average molecular weight is 787 g/mol. The molecule has 0 radical (unpaired) electrons. The van der Waals surface area contributed by atoms with Crippen LogP contribution in [0.5, 0.6) is 5.75 Å². The topological polar surface area (TPSA) is 178 Å². The van der Waals surface area contributed by atoms with Gasteiger partial charge in [0.1, 0.15) is 12.4 Å². The lowest BCUT2D eigenvalue weighted by Crippen LogP contribution is -2.31. The first-order valence-corrected chi connectivity index (χ1v) is 20.6. The fourth-order valence-electron chi connectivity index (χ4n) is 8.44. The third kappa shape index (κ3) is 11.6. The van der Waals surface area contributed by atoms with Gasteiger partial charge in [0.05, 0.1) is 24.3 Å². The quantitative estimate of drug-likeness (QED) is 0.0895. The zero-order chi connectivity index (χ0) is 39.4. The molecule has 6 rings (SSSR count). The predicted molar refractivity (Wildman–Crippen MR) is 214 cm³/mol. The number of carboxylic acids is 3. The zero-order valence-electron chi connectivity index (χ0n) is 31.7. The first-order valence-electron chi connectivity index (χ1n) is 19.8. The van der Waals surface area contributed by atoms with Gasteiger partial charge in [-0.1, -0.05) is 48.5 Å². The molecule has 0 bridgehead atoms. The van der Waals surface area contributed by atoms with Gasteiger partial charge in [-0.15, -0.1) is 0 Å². The van der Waals surface area contributed by atoms with Crippen molar-refractivity contribution in [2.45, 2.75) is 50.0 Å². The lowest BCUT2D eigenvalue weighted by Gasteiger charge is -2.24. The molecule has 3 aromatic carbocycles. The highest BCUT2D eigenvalue weighted by molar-refractivity contribution is 8.13. The Hall–Kier alpha value is -4.43. The van der Waals surface area contributed by atoms with E-state index < -0.39 is 35.7 Å². The largest absolute Gasteiger partial charge is 0.492 e. The van der Waals surface area contributed by atoms with Crippen molar-refractivity contribution in [3.8, 4) is 5.75 Å². The summed E-state index contributed by atoms with van der Waals surface area (Å²) in [5, 5.41) is 39.6. The summed E-state index contributed by atoms with van der Waals surface area (Å²) in [6.45, 7) is 5.24. The van der Waals surface area contributed by atoms with Gasteiger partial charge in [0.15, 0.2) is 0 Å². The van der Waals surface area contributed by atoms with Crippen molar-refractivity contribution in [1.29, 1.82) is 0 Å². The number of amides is 1. The second-order valence-corrected chi connectivity index (χ2v) is 16.5. The van der Waals surface area contributed by atoms with Crippen molar-refractivity contribution in [3.05, 3.63) is 95.1 Å². The van der Waals surface area contributed by atoms with E-state index in [1.807, 2.05) is 72.8 Å². The third-order valence-electron chi connectivity index (χ3n) is 11.6. The summed E-state index contributed by atoms with van der Waals surface area (Å²) >= 11 is 1.08. The Kier molecular flexibility index (Phi) is 14.8. The Morgan fingerprint density at radius 2 is 1.11 bits per heavy atom. The summed E-state index contributed by atoms with van der Waals surface area (Å²) in [5.74, 6) is -3.13. The van der Waals surface area contributed by atoms with Crippen LogP contribution in [-0.4, -0.2) is 95.8 Å². The van der Waals surface area contributed by atoms with Crippen LogP contribution < -0.4 is 20.7 Å². The highest BCUT2D eigenvalue weighted by atomic mass is 32.2. The van der Waals surface area contributed by atoms with E-state index in [0.29, 0.717) is 49.5 Å². The fourth-order valence-corrected chi connectivity index (χ4v) is 9.28. The number of aliphatic carboxylic acids is 3. The number of benzene rings is 3. The molecule has 56 heavy (non-hydrogen) atoms. The molecule has 1 amide bonds. The van der Waals surface area contributed by atoms with Gasteiger partial charge in [-0.2, -0.15) is 0 Å². The van der Waals surface area contributed by atoms with Crippen LogP contribution in [0.2, 0.25) is 0 Å². The van der Waals surface area contributed by atoms with Crippen LogP contribution in [0.15, 0.2) is 77.7 Å². The summed E-state index contributed by atoms with van der Waals surface area (Å²) in [5.41, 5.74) is 3.52. The highest BCUT2D eigenvalue weighted by Crippen LogP contribution is 2.30. The molecular weight excluding hydrogens is 733 g/mol. The van der Waals surface area contributed by atoms with Crippen LogP contribution in [-0.2, 0) is 40.2 Å². The number of carbonyl (C=O) groups is 4. The van der Waals surface area contributed by atoms with E-state index in [1.165, 1.54) is 0 Å². The number of hydrogen-bond donors (Lipinski definition) is 6. The second-order valence-electron chi connectivity index (χ2n) is 15.5. The minimum absolute atomic E-state index is 0.0567. The number of carbonyl (C=O) groups excluding carboxylic acids is 1. The van der Waals surface area contributed by atoms with Crippen molar-refractivity contribution in [1.82, 2.24) is 20.9 Å². The molecule has 6 atom stereocenters.